The van der Waals surface area contributed by atoms with E-state index in [1.807, 2.05) is 0 Å². The van der Waals surface area contributed by atoms with Crippen LogP contribution >= 0.6 is 0 Å². The summed E-state index contributed by atoms with van der Waals surface area (Å²) in [5.41, 5.74) is 0.525. The third-order valence-electron chi connectivity index (χ3n) is 2.30. The van der Waals surface area contributed by atoms with Crippen LogP contribution in [-0.4, -0.2) is 33.8 Å². The molecule has 0 amide bonds. The highest BCUT2D eigenvalue weighted by molar-refractivity contribution is 7.91. The van der Waals surface area contributed by atoms with Crippen molar-refractivity contribution in [2.75, 3.05) is 19.0 Å². The Morgan fingerprint density at radius 1 is 1.32 bits per heavy atom. The molecular weight excluding hydrogens is 280 g/mol. The van der Waals surface area contributed by atoms with Crippen LogP contribution in [0.1, 0.15) is 6.42 Å². The van der Waals surface area contributed by atoms with Gasteiger partial charge in [0.2, 0.25) is 9.84 Å². The number of anilines is 1. The standard InChI is InChI=1S/C11H13F2NO4S/c1-18-10(15)6-7-14-8-2-4-9(5-3-8)19(16,17)11(12)13/h2-5,11,14H,6-7H2,1H3. The van der Waals surface area contributed by atoms with Gasteiger partial charge in [0, 0.05) is 12.2 Å². The molecule has 0 bridgehead atoms. The smallest absolute Gasteiger partial charge is 0.341 e. The molecule has 1 rings (SSSR count). The van der Waals surface area contributed by atoms with Crippen LogP contribution < -0.4 is 5.32 Å². The number of halogens is 2. The molecule has 0 saturated heterocycles. The molecule has 5 nitrogen and oxygen atoms in total. The lowest BCUT2D eigenvalue weighted by Crippen LogP contribution is -2.12. The van der Waals surface area contributed by atoms with Gasteiger partial charge in [0.25, 0.3) is 0 Å². The van der Waals surface area contributed by atoms with Gasteiger partial charge in [-0.3, -0.25) is 4.79 Å². The first-order valence-electron chi connectivity index (χ1n) is 5.30. The Balaban J connectivity index is 2.65. The minimum Gasteiger partial charge on any atom is -0.469 e. The number of alkyl halides is 2. The molecule has 0 aliphatic rings. The maximum absolute atomic E-state index is 12.3. The van der Waals surface area contributed by atoms with E-state index in [0.717, 1.165) is 12.1 Å². The summed E-state index contributed by atoms with van der Waals surface area (Å²) in [4.78, 5) is 10.4. The van der Waals surface area contributed by atoms with Crippen molar-refractivity contribution in [2.24, 2.45) is 0 Å². The third kappa shape index (κ3) is 4.16. The molecular formula is C11H13F2NO4S. The predicted octanol–water partition coefficient (Wildman–Crippen LogP) is 1.66. The largest absolute Gasteiger partial charge is 0.469 e. The highest BCUT2D eigenvalue weighted by atomic mass is 32.2. The van der Waals surface area contributed by atoms with Crippen molar-refractivity contribution in [1.82, 2.24) is 0 Å². The molecule has 0 saturated carbocycles. The second kappa shape index (κ2) is 6.46. The van der Waals surface area contributed by atoms with Crippen molar-refractivity contribution in [3.05, 3.63) is 24.3 Å². The van der Waals surface area contributed by atoms with Gasteiger partial charge in [-0.2, -0.15) is 8.78 Å². The zero-order valence-corrected chi connectivity index (χ0v) is 10.9. The average Bonchev–Trinajstić information content (AvgIpc) is 2.39. The Kier molecular flexibility index (Phi) is 5.22. The van der Waals surface area contributed by atoms with Crippen molar-refractivity contribution >= 4 is 21.5 Å². The first-order valence-corrected chi connectivity index (χ1v) is 6.85. The SMILES string of the molecule is COC(=O)CCNc1ccc(S(=O)(=O)C(F)F)cc1. The molecule has 19 heavy (non-hydrogen) atoms. The van der Waals surface area contributed by atoms with Crippen molar-refractivity contribution in [3.8, 4) is 0 Å². The number of nitrogens with one attached hydrogen (secondary N) is 1. The molecule has 0 aromatic heterocycles. The molecule has 0 aliphatic heterocycles. The maximum atomic E-state index is 12.3. The highest BCUT2D eigenvalue weighted by Gasteiger charge is 2.26. The summed E-state index contributed by atoms with van der Waals surface area (Å²) in [6.07, 6.45) is 0.146. The van der Waals surface area contributed by atoms with Gasteiger partial charge in [-0.25, -0.2) is 8.42 Å². The predicted molar refractivity (Wildman–Crippen MR) is 64.8 cm³/mol. The molecule has 1 N–H and O–H groups in total. The molecule has 8 heteroatoms. The summed E-state index contributed by atoms with van der Waals surface area (Å²) in [7, 11) is -3.30. The number of sulfone groups is 1. The number of hydrogen-bond donors (Lipinski definition) is 1. The Morgan fingerprint density at radius 2 is 1.89 bits per heavy atom. The highest BCUT2D eigenvalue weighted by Crippen LogP contribution is 2.20. The monoisotopic (exact) mass is 293 g/mol. The van der Waals surface area contributed by atoms with Gasteiger partial charge in [0.05, 0.1) is 18.4 Å². The second-order valence-corrected chi connectivity index (χ2v) is 5.50. The number of benzene rings is 1. The molecule has 0 spiro atoms. The molecule has 1 aromatic carbocycles. The van der Waals surface area contributed by atoms with Crippen molar-refractivity contribution < 1.29 is 26.7 Å². The molecule has 0 heterocycles. The van der Waals surface area contributed by atoms with E-state index in [1.165, 1.54) is 19.2 Å². The molecule has 1 aromatic rings. The Hall–Kier alpha value is -1.70. The molecule has 0 atom stereocenters. The summed E-state index contributed by atoms with van der Waals surface area (Å²) in [5, 5.41) is 2.83. The zero-order valence-electron chi connectivity index (χ0n) is 10.1. The van der Waals surface area contributed by atoms with E-state index in [9.17, 15) is 22.0 Å². The van der Waals surface area contributed by atoms with Gasteiger partial charge >= 0.3 is 11.7 Å². The molecule has 106 valence electrons. The Labute approximate surface area is 109 Å². The minimum absolute atomic E-state index is 0.146. The van der Waals surface area contributed by atoms with Crippen molar-refractivity contribution in [1.29, 1.82) is 0 Å². The van der Waals surface area contributed by atoms with E-state index >= 15 is 0 Å². The Morgan fingerprint density at radius 3 is 2.37 bits per heavy atom. The fraction of sp³-hybridized carbons (Fsp3) is 0.364. The van der Waals surface area contributed by atoms with Gasteiger partial charge < -0.3 is 10.1 Å². The molecule has 0 fully saturated rings. The van der Waals surface area contributed by atoms with Crippen LogP contribution in [0.25, 0.3) is 0 Å². The Bertz CT molecular complexity index is 528. The van der Waals surface area contributed by atoms with Crippen LogP contribution in [0.15, 0.2) is 29.2 Å². The molecule has 0 radical (unpaired) electrons. The quantitative estimate of drug-likeness (QED) is 0.808. The zero-order chi connectivity index (χ0) is 14.5. The lowest BCUT2D eigenvalue weighted by Gasteiger charge is -2.07. The number of esters is 1. The average molecular weight is 293 g/mol. The van der Waals surface area contributed by atoms with Crippen LogP contribution in [0.4, 0.5) is 14.5 Å². The van der Waals surface area contributed by atoms with E-state index in [1.54, 1.807) is 0 Å². The van der Waals surface area contributed by atoms with Gasteiger partial charge in [0.1, 0.15) is 0 Å². The number of carbonyl (C=O) groups is 1. The first-order chi connectivity index (χ1) is 8.87. The second-order valence-electron chi connectivity index (χ2n) is 3.58. The lowest BCUT2D eigenvalue weighted by atomic mass is 10.3. The van der Waals surface area contributed by atoms with Crippen LogP contribution in [0, 0.1) is 0 Å². The number of ether oxygens (including phenoxy) is 1. The minimum atomic E-state index is -4.57. The van der Waals surface area contributed by atoms with E-state index in [-0.39, 0.29) is 12.4 Å². The van der Waals surface area contributed by atoms with E-state index in [2.05, 4.69) is 10.1 Å². The number of rotatable bonds is 6. The van der Waals surface area contributed by atoms with E-state index < -0.39 is 20.5 Å². The molecule has 0 aliphatic carbocycles. The number of carbonyl (C=O) groups excluding carboxylic acids is 1. The van der Waals surface area contributed by atoms with Gasteiger partial charge in [-0.1, -0.05) is 0 Å². The van der Waals surface area contributed by atoms with Crippen LogP contribution in [0.2, 0.25) is 0 Å². The third-order valence-corrected chi connectivity index (χ3v) is 3.70. The van der Waals surface area contributed by atoms with E-state index in [4.69, 9.17) is 0 Å². The topological polar surface area (TPSA) is 72.5 Å². The van der Waals surface area contributed by atoms with Gasteiger partial charge in [0.15, 0.2) is 0 Å². The van der Waals surface area contributed by atoms with Gasteiger partial charge in [-0.05, 0) is 24.3 Å². The summed E-state index contributed by atoms with van der Waals surface area (Å²) in [5.74, 6) is -3.82. The summed E-state index contributed by atoms with van der Waals surface area (Å²) in [6, 6.07) is 4.88. The number of methoxy groups -OCH3 is 1. The lowest BCUT2D eigenvalue weighted by molar-refractivity contribution is -0.140. The van der Waals surface area contributed by atoms with Crippen LogP contribution in [0.3, 0.4) is 0 Å². The van der Waals surface area contributed by atoms with Gasteiger partial charge in [-0.15, -0.1) is 0 Å². The molecule has 0 unspecified atom stereocenters. The van der Waals surface area contributed by atoms with Crippen molar-refractivity contribution in [2.45, 2.75) is 17.1 Å². The normalized spacial score (nSPS) is 11.4. The van der Waals surface area contributed by atoms with Crippen LogP contribution in [0.5, 0.6) is 0 Å². The van der Waals surface area contributed by atoms with Crippen molar-refractivity contribution in [3.63, 3.8) is 0 Å². The summed E-state index contributed by atoms with van der Waals surface area (Å²) >= 11 is 0. The fourth-order valence-electron chi connectivity index (χ4n) is 1.28. The fourth-order valence-corrected chi connectivity index (χ4v) is 2.00. The summed E-state index contributed by atoms with van der Waals surface area (Å²) < 4.78 is 51.3. The number of hydrogen-bond acceptors (Lipinski definition) is 5. The maximum Gasteiger partial charge on any atom is 0.341 e. The summed E-state index contributed by atoms with van der Waals surface area (Å²) in [6.45, 7) is 0.299. The first kappa shape index (κ1) is 15.4. The van der Waals surface area contributed by atoms with E-state index in [0.29, 0.717) is 12.2 Å². The van der Waals surface area contributed by atoms with Crippen LogP contribution in [-0.2, 0) is 19.4 Å².